The number of likely N-dealkylation sites (tertiary alicyclic amines) is 1. The summed E-state index contributed by atoms with van der Waals surface area (Å²) in [6, 6.07) is 7.95. The van der Waals surface area contributed by atoms with E-state index in [-0.39, 0.29) is 31.7 Å². The number of carbonyl (C=O) groups is 3. The molecule has 4 N–H and O–H groups in total. The van der Waals surface area contributed by atoms with Gasteiger partial charge in [0.2, 0.25) is 0 Å². The molecule has 0 radical (unpaired) electrons. The Hall–Kier alpha value is -3.18. The monoisotopic (exact) mass is 450 g/mol. The Balaban J connectivity index is 1.32. The number of amides is 2. The first-order valence-electron chi connectivity index (χ1n) is 10.5. The average Bonchev–Trinajstić information content (AvgIpc) is 3.50. The van der Waals surface area contributed by atoms with Gasteiger partial charge in [0, 0.05) is 30.1 Å². The highest BCUT2D eigenvalue weighted by molar-refractivity contribution is 6.62. The smallest absolute Gasteiger partial charge is 0.480 e. The van der Waals surface area contributed by atoms with Crippen LogP contribution < -0.4 is 16.2 Å². The number of hydrogen-bond donors (Lipinski definition) is 4. The van der Waals surface area contributed by atoms with E-state index in [0.717, 1.165) is 11.1 Å². The number of aliphatic carboxylic acids is 1. The van der Waals surface area contributed by atoms with Crippen LogP contribution >= 0.6 is 0 Å². The van der Waals surface area contributed by atoms with Crippen molar-refractivity contribution in [3.05, 3.63) is 58.7 Å². The maximum Gasteiger partial charge on any atom is 0.491 e. The summed E-state index contributed by atoms with van der Waals surface area (Å²) in [5.41, 5.74) is 3.13. The number of nitrogens with one attached hydrogen (secondary N) is 1. The van der Waals surface area contributed by atoms with Crippen LogP contribution in [0.1, 0.15) is 38.3 Å². The van der Waals surface area contributed by atoms with Crippen LogP contribution in [0.2, 0.25) is 0 Å². The molecule has 0 unspecified atom stereocenters. The van der Waals surface area contributed by atoms with Crippen LogP contribution in [-0.2, 0) is 27.3 Å². The molecule has 0 bridgehead atoms. The van der Waals surface area contributed by atoms with Gasteiger partial charge in [0.15, 0.2) is 0 Å². The number of carboxylic acid groups (broad SMARTS) is 1. The first-order valence-corrected chi connectivity index (χ1v) is 10.5. The van der Waals surface area contributed by atoms with Crippen molar-refractivity contribution in [1.29, 1.82) is 0 Å². The van der Waals surface area contributed by atoms with Crippen LogP contribution in [0, 0.1) is 0 Å². The quantitative estimate of drug-likeness (QED) is 0.401. The van der Waals surface area contributed by atoms with Crippen LogP contribution in [0.4, 0.5) is 0 Å². The Morgan fingerprint density at radius 3 is 2.12 bits per heavy atom. The van der Waals surface area contributed by atoms with E-state index in [9.17, 15) is 29.5 Å². The van der Waals surface area contributed by atoms with Gasteiger partial charge in [0.1, 0.15) is 6.04 Å². The molecule has 3 heterocycles. The lowest BCUT2D eigenvalue weighted by Gasteiger charge is -2.21. The van der Waals surface area contributed by atoms with Crippen molar-refractivity contribution in [2.24, 2.45) is 0 Å². The summed E-state index contributed by atoms with van der Waals surface area (Å²) < 4.78 is 10.3. The zero-order chi connectivity index (χ0) is 23.3. The Morgan fingerprint density at radius 1 is 0.939 bits per heavy atom. The lowest BCUT2D eigenvalue weighted by Crippen LogP contribution is -2.42. The lowest BCUT2D eigenvalue weighted by molar-refractivity contribution is -0.141. The molecule has 2 aromatic carbocycles. The molecule has 12 heteroatoms. The lowest BCUT2D eigenvalue weighted by atomic mass is 9.78. The predicted molar refractivity (Wildman–Crippen MR) is 116 cm³/mol. The van der Waals surface area contributed by atoms with Gasteiger partial charge >= 0.3 is 20.2 Å². The second kappa shape index (κ2) is 8.31. The molecule has 10 nitrogen and oxygen atoms in total. The van der Waals surface area contributed by atoms with Crippen molar-refractivity contribution in [3.63, 3.8) is 0 Å². The Morgan fingerprint density at radius 2 is 1.52 bits per heavy atom. The van der Waals surface area contributed by atoms with E-state index in [1.54, 1.807) is 30.3 Å². The summed E-state index contributed by atoms with van der Waals surface area (Å²) >= 11 is 0. The number of hydrogen-bond acceptors (Lipinski definition) is 7. The van der Waals surface area contributed by atoms with Crippen molar-refractivity contribution < 1.29 is 38.8 Å². The van der Waals surface area contributed by atoms with E-state index in [1.807, 2.05) is 0 Å². The van der Waals surface area contributed by atoms with Gasteiger partial charge in [-0.3, -0.25) is 9.59 Å². The summed E-state index contributed by atoms with van der Waals surface area (Å²) in [5, 5.41) is 32.2. The van der Waals surface area contributed by atoms with Crippen LogP contribution in [0.5, 0.6) is 0 Å². The molecule has 2 amide bonds. The van der Waals surface area contributed by atoms with Crippen molar-refractivity contribution >= 4 is 42.9 Å². The third-order valence-electron chi connectivity index (χ3n) is 6.31. The van der Waals surface area contributed by atoms with Crippen LogP contribution in [0.25, 0.3) is 0 Å². The topological polar surface area (TPSA) is 146 Å². The summed E-state index contributed by atoms with van der Waals surface area (Å²) in [7, 11) is -2.20. The van der Waals surface area contributed by atoms with Gasteiger partial charge in [0.05, 0.1) is 13.2 Å². The van der Waals surface area contributed by atoms with Gasteiger partial charge in [-0.2, -0.15) is 0 Å². The minimum Gasteiger partial charge on any atom is -0.480 e. The normalized spacial score (nSPS) is 21.2. The number of carboxylic acids is 1. The molecule has 2 atom stereocenters. The van der Waals surface area contributed by atoms with Gasteiger partial charge < -0.3 is 34.7 Å². The van der Waals surface area contributed by atoms with Crippen LogP contribution in [-0.4, -0.2) is 70.7 Å². The zero-order valence-corrected chi connectivity index (χ0v) is 17.4. The number of rotatable bonds is 4. The fourth-order valence-electron chi connectivity index (χ4n) is 4.54. The molecule has 168 valence electrons. The minimum atomic E-state index is -1.16. The molecular formula is C21H20B2N2O8. The molecule has 0 aliphatic carbocycles. The summed E-state index contributed by atoms with van der Waals surface area (Å²) in [6.07, 6.45) is 0.0557. The Bertz CT molecular complexity index is 1160. The van der Waals surface area contributed by atoms with Gasteiger partial charge in [-0.1, -0.05) is 12.1 Å². The van der Waals surface area contributed by atoms with Crippen molar-refractivity contribution in [1.82, 2.24) is 10.2 Å². The minimum absolute atomic E-state index is 0.0222. The standard InChI is InChI=1S/C21H20B2N2O8/c26-19(11-1-3-13-9-32-22(30)16(13)5-11)24-15-7-18(21(28)29)25(8-15)20(27)12-2-4-14-10-33-23(31)17(14)6-12/h1-6,15,18,30-31H,7-10H2,(H,24,26)(H,28,29)/t15-,18+/m1/s1. The SMILES string of the molecule is O=C(N[C@@H]1C[C@@H](C(=O)O)N(C(=O)c2ccc3c(c2)B(O)OC3)C1)c1ccc2c(c1)B(O)OC2. The molecule has 0 saturated carbocycles. The molecule has 3 aliphatic rings. The third kappa shape index (κ3) is 3.91. The fraction of sp³-hybridized carbons (Fsp3) is 0.286. The average molecular weight is 450 g/mol. The van der Waals surface area contributed by atoms with E-state index >= 15 is 0 Å². The highest BCUT2D eigenvalue weighted by Gasteiger charge is 2.41. The maximum atomic E-state index is 13.1. The Kier molecular flexibility index (Phi) is 5.45. The van der Waals surface area contributed by atoms with E-state index in [0.29, 0.717) is 16.5 Å². The van der Waals surface area contributed by atoms with E-state index < -0.39 is 44.1 Å². The highest BCUT2D eigenvalue weighted by atomic mass is 16.5. The van der Waals surface area contributed by atoms with Gasteiger partial charge in [-0.05, 0) is 46.3 Å². The summed E-state index contributed by atoms with van der Waals surface area (Å²) in [4.78, 5) is 39.0. The third-order valence-corrected chi connectivity index (χ3v) is 6.31. The predicted octanol–water partition coefficient (Wildman–Crippen LogP) is -1.78. The summed E-state index contributed by atoms with van der Waals surface area (Å²) in [5.74, 6) is -2.10. The van der Waals surface area contributed by atoms with E-state index in [2.05, 4.69) is 5.32 Å². The second-order valence-electron chi connectivity index (χ2n) is 8.37. The zero-order valence-electron chi connectivity index (χ0n) is 17.4. The van der Waals surface area contributed by atoms with Crippen molar-refractivity contribution in [2.75, 3.05) is 6.54 Å². The summed E-state index contributed by atoms with van der Waals surface area (Å²) in [6.45, 7) is 0.533. The molecule has 1 fully saturated rings. The van der Waals surface area contributed by atoms with E-state index in [4.69, 9.17) is 9.31 Å². The van der Waals surface area contributed by atoms with Crippen LogP contribution in [0.15, 0.2) is 36.4 Å². The second-order valence-corrected chi connectivity index (χ2v) is 8.37. The number of benzene rings is 2. The maximum absolute atomic E-state index is 13.1. The van der Waals surface area contributed by atoms with E-state index in [1.165, 1.54) is 11.0 Å². The number of carbonyl (C=O) groups excluding carboxylic acids is 2. The number of nitrogens with zero attached hydrogens (tertiary/aromatic N) is 1. The van der Waals surface area contributed by atoms with Crippen molar-refractivity contribution in [3.8, 4) is 0 Å². The molecule has 2 aromatic rings. The molecular weight excluding hydrogens is 430 g/mol. The molecule has 3 aliphatic heterocycles. The largest absolute Gasteiger partial charge is 0.491 e. The number of fused-ring (bicyclic) bond motifs is 2. The van der Waals surface area contributed by atoms with Gasteiger partial charge in [-0.25, -0.2) is 4.79 Å². The Labute approximate surface area is 189 Å². The van der Waals surface area contributed by atoms with Gasteiger partial charge in [0.25, 0.3) is 11.8 Å². The van der Waals surface area contributed by atoms with Gasteiger partial charge in [-0.15, -0.1) is 0 Å². The first-order chi connectivity index (χ1) is 15.8. The molecule has 0 spiro atoms. The van der Waals surface area contributed by atoms with Crippen molar-refractivity contribution in [2.45, 2.75) is 31.7 Å². The molecule has 0 aromatic heterocycles. The molecule has 1 saturated heterocycles. The first kappa shape index (κ1) is 21.7. The molecule has 5 rings (SSSR count). The van der Waals surface area contributed by atoms with Crippen LogP contribution in [0.3, 0.4) is 0 Å². The fourth-order valence-corrected chi connectivity index (χ4v) is 4.54. The molecule has 33 heavy (non-hydrogen) atoms. The highest BCUT2D eigenvalue weighted by Crippen LogP contribution is 2.23.